The predicted molar refractivity (Wildman–Crippen MR) is 86.5 cm³/mol. The third-order valence-electron chi connectivity index (χ3n) is 4.10. The highest BCUT2D eigenvalue weighted by molar-refractivity contribution is 5.94. The summed E-state index contributed by atoms with van der Waals surface area (Å²) < 4.78 is 7.36. The first-order valence-corrected chi connectivity index (χ1v) is 7.69. The summed E-state index contributed by atoms with van der Waals surface area (Å²) in [4.78, 5) is 12.5. The van der Waals surface area contributed by atoms with Crippen LogP contribution in [0.25, 0.3) is 0 Å². The zero-order chi connectivity index (χ0) is 15.7. The summed E-state index contributed by atoms with van der Waals surface area (Å²) >= 11 is 0. The van der Waals surface area contributed by atoms with E-state index in [2.05, 4.69) is 22.0 Å². The van der Waals surface area contributed by atoms with Crippen molar-refractivity contribution in [1.82, 2.24) is 9.88 Å². The van der Waals surface area contributed by atoms with Crippen LogP contribution in [0.2, 0.25) is 0 Å². The van der Waals surface area contributed by atoms with Gasteiger partial charge in [-0.1, -0.05) is 12.1 Å². The van der Waals surface area contributed by atoms with Crippen LogP contribution >= 0.6 is 0 Å². The van der Waals surface area contributed by atoms with Gasteiger partial charge < -0.3 is 14.6 Å². The number of hydrogen-bond donors (Lipinski definition) is 1. The van der Waals surface area contributed by atoms with Gasteiger partial charge in [0.1, 0.15) is 11.4 Å². The Labute approximate surface area is 131 Å². The minimum atomic E-state index is 0.0380. The lowest BCUT2D eigenvalue weighted by Gasteiger charge is -2.13. The number of methoxy groups -OCH3 is 1. The average Bonchev–Trinajstić information content (AvgIpc) is 3.25. The van der Waals surface area contributed by atoms with Crippen molar-refractivity contribution < 1.29 is 9.53 Å². The summed E-state index contributed by atoms with van der Waals surface area (Å²) in [5.41, 5.74) is 4.02. The number of aromatic nitrogens is 1. The highest BCUT2D eigenvalue weighted by Crippen LogP contribution is 2.23. The van der Waals surface area contributed by atoms with E-state index in [9.17, 15) is 4.79 Å². The summed E-state index contributed by atoms with van der Waals surface area (Å²) in [5.74, 6) is 0.874. The first kappa shape index (κ1) is 14.7. The maximum atomic E-state index is 12.5. The second-order valence-electron chi connectivity index (χ2n) is 6.00. The van der Waals surface area contributed by atoms with Crippen molar-refractivity contribution in [2.75, 3.05) is 7.11 Å². The Morgan fingerprint density at radius 1 is 1.32 bits per heavy atom. The van der Waals surface area contributed by atoms with Crippen LogP contribution < -0.4 is 10.1 Å². The molecule has 2 aromatic rings. The number of benzene rings is 1. The fourth-order valence-electron chi connectivity index (χ4n) is 2.79. The normalized spacial score (nSPS) is 14.0. The molecule has 0 saturated heterocycles. The largest absolute Gasteiger partial charge is 0.497 e. The molecule has 3 rings (SSSR count). The Kier molecular flexibility index (Phi) is 3.92. The van der Waals surface area contributed by atoms with E-state index in [0.29, 0.717) is 12.6 Å². The molecule has 0 spiro atoms. The van der Waals surface area contributed by atoms with Crippen LogP contribution in [0.5, 0.6) is 5.75 Å². The molecule has 1 aliphatic rings. The summed E-state index contributed by atoms with van der Waals surface area (Å²) in [5, 5.41) is 3.09. The Morgan fingerprint density at radius 3 is 2.77 bits per heavy atom. The van der Waals surface area contributed by atoms with E-state index in [1.807, 2.05) is 32.0 Å². The minimum Gasteiger partial charge on any atom is -0.497 e. The van der Waals surface area contributed by atoms with Crippen LogP contribution in [0.15, 0.2) is 30.3 Å². The Balaban J connectivity index is 1.90. The number of ether oxygens (including phenoxy) is 1. The van der Waals surface area contributed by atoms with Crippen molar-refractivity contribution in [3.05, 3.63) is 52.8 Å². The lowest BCUT2D eigenvalue weighted by Crippen LogP contribution is -2.28. The van der Waals surface area contributed by atoms with Crippen molar-refractivity contribution in [1.29, 1.82) is 0 Å². The zero-order valence-electron chi connectivity index (χ0n) is 13.3. The van der Waals surface area contributed by atoms with Gasteiger partial charge in [-0.05, 0) is 56.0 Å². The molecule has 0 bridgehead atoms. The molecular formula is C18H22N2O2. The number of nitrogens with zero attached hydrogens (tertiary/aromatic N) is 1. The topological polar surface area (TPSA) is 43.3 Å². The van der Waals surface area contributed by atoms with Crippen LogP contribution in [0, 0.1) is 13.8 Å². The molecule has 1 aromatic heterocycles. The SMILES string of the molecule is COc1cccc(Cn2c(C)cc(C)c2C(=O)NC2CC2)c1. The van der Waals surface area contributed by atoms with Gasteiger partial charge in [0.15, 0.2) is 0 Å². The Morgan fingerprint density at radius 2 is 2.09 bits per heavy atom. The molecule has 1 amide bonds. The molecule has 1 aliphatic carbocycles. The number of carbonyl (C=O) groups is 1. The van der Waals surface area contributed by atoms with Gasteiger partial charge in [-0.15, -0.1) is 0 Å². The van der Waals surface area contributed by atoms with E-state index in [0.717, 1.165) is 41.1 Å². The Bertz CT molecular complexity index is 699. The molecule has 116 valence electrons. The lowest BCUT2D eigenvalue weighted by molar-refractivity contribution is 0.0941. The molecule has 22 heavy (non-hydrogen) atoms. The van der Waals surface area contributed by atoms with E-state index in [-0.39, 0.29) is 5.91 Å². The third-order valence-corrected chi connectivity index (χ3v) is 4.10. The smallest absolute Gasteiger partial charge is 0.268 e. The molecule has 0 aliphatic heterocycles. The average molecular weight is 298 g/mol. The van der Waals surface area contributed by atoms with Gasteiger partial charge in [-0.2, -0.15) is 0 Å². The number of aryl methyl sites for hydroxylation is 2. The highest BCUT2D eigenvalue weighted by Gasteiger charge is 2.26. The van der Waals surface area contributed by atoms with Crippen LogP contribution in [0.3, 0.4) is 0 Å². The van der Waals surface area contributed by atoms with Crippen LogP contribution in [0.1, 0.15) is 40.2 Å². The van der Waals surface area contributed by atoms with Gasteiger partial charge in [0.05, 0.1) is 7.11 Å². The van der Waals surface area contributed by atoms with Crippen LogP contribution in [-0.2, 0) is 6.54 Å². The second-order valence-corrected chi connectivity index (χ2v) is 6.00. The molecule has 1 N–H and O–H groups in total. The lowest BCUT2D eigenvalue weighted by atomic mass is 10.2. The van der Waals surface area contributed by atoms with Crippen LogP contribution in [-0.4, -0.2) is 23.6 Å². The maximum absolute atomic E-state index is 12.5. The summed E-state index contributed by atoms with van der Waals surface area (Å²) in [7, 11) is 1.67. The molecule has 4 nitrogen and oxygen atoms in total. The van der Waals surface area contributed by atoms with E-state index in [1.54, 1.807) is 7.11 Å². The number of hydrogen-bond acceptors (Lipinski definition) is 2. The fraction of sp³-hybridized carbons (Fsp3) is 0.389. The van der Waals surface area contributed by atoms with E-state index >= 15 is 0 Å². The van der Waals surface area contributed by atoms with Gasteiger partial charge in [0.2, 0.25) is 0 Å². The second kappa shape index (κ2) is 5.87. The summed E-state index contributed by atoms with van der Waals surface area (Å²) in [6, 6.07) is 10.4. The Hall–Kier alpha value is -2.23. The van der Waals surface area contributed by atoms with Crippen LogP contribution in [0.4, 0.5) is 0 Å². The van der Waals surface area contributed by atoms with Gasteiger partial charge in [-0.3, -0.25) is 4.79 Å². The first-order valence-electron chi connectivity index (χ1n) is 7.69. The van der Waals surface area contributed by atoms with Gasteiger partial charge >= 0.3 is 0 Å². The summed E-state index contributed by atoms with van der Waals surface area (Å²) in [6.07, 6.45) is 2.20. The molecule has 4 heteroatoms. The number of nitrogens with one attached hydrogen (secondary N) is 1. The molecule has 1 aromatic carbocycles. The standard InChI is InChI=1S/C18H22N2O2/c1-12-9-13(2)20(17(12)18(21)19-15-7-8-15)11-14-5-4-6-16(10-14)22-3/h4-6,9-10,15H,7-8,11H2,1-3H3,(H,19,21). The maximum Gasteiger partial charge on any atom is 0.268 e. The van der Waals surface area contributed by atoms with Gasteiger partial charge in [0, 0.05) is 18.3 Å². The number of amides is 1. The fourth-order valence-corrected chi connectivity index (χ4v) is 2.79. The summed E-state index contributed by atoms with van der Waals surface area (Å²) in [6.45, 7) is 4.71. The highest BCUT2D eigenvalue weighted by atomic mass is 16.5. The molecule has 0 atom stereocenters. The molecule has 0 unspecified atom stereocenters. The third kappa shape index (κ3) is 3.01. The first-order chi connectivity index (χ1) is 10.6. The van der Waals surface area contributed by atoms with Gasteiger partial charge in [-0.25, -0.2) is 0 Å². The zero-order valence-corrected chi connectivity index (χ0v) is 13.3. The van der Waals surface area contributed by atoms with Crippen molar-refractivity contribution in [3.63, 3.8) is 0 Å². The number of rotatable bonds is 5. The minimum absolute atomic E-state index is 0.0380. The van der Waals surface area contributed by atoms with E-state index in [4.69, 9.17) is 4.74 Å². The number of carbonyl (C=O) groups excluding carboxylic acids is 1. The van der Waals surface area contributed by atoms with Crippen molar-refractivity contribution >= 4 is 5.91 Å². The molecule has 0 radical (unpaired) electrons. The monoisotopic (exact) mass is 298 g/mol. The predicted octanol–water partition coefficient (Wildman–Crippen LogP) is 3.05. The van der Waals surface area contributed by atoms with E-state index in [1.165, 1.54) is 0 Å². The van der Waals surface area contributed by atoms with E-state index < -0.39 is 0 Å². The van der Waals surface area contributed by atoms with Crippen molar-refractivity contribution in [3.8, 4) is 5.75 Å². The molecular weight excluding hydrogens is 276 g/mol. The molecule has 1 heterocycles. The van der Waals surface area contributed by atoms with Gasteiger partial charge in [0.25, 0.3) is 5.91 Å². The van der Waals surface area contributed by atoms with Crippen molar-refractivity contribution in [2.24, 2.45) is 0 Å². The van der Waals surface area contributed by atoms with Crippen molar-refractivity contribution in [2.45, 2.75) is 39.3 Å². The molecule has 1 fully saturated rings. The molecule has 1 saturated carbocycles. The quantitative estimate of drug-likeness (QED) is 0.922.